The lowest BCUT2D eigenvalue weighted by Gasteiger charge is -2.35. The van der Waals surface area contributed by atoms with E-state index in [0.717, 1.165) is 6.26 Å². The largest absolute Gasteiger partial charge is 0.246 e. The van der Waals surface area contributed by atoms with Crippen molar-refractivity contribution >= 4 is 10.0 Å². The van der Waals surface area contributed by atoms with Crippen molar-refractivity contribution < 1.29 is 12.8 Å². The van der Waals surface area contributed by atoms with Crippen molar-refractivity contribution in [3.8, 4) is 0 Å². The molecule has 0 amide bonds. The predicted molar refractivity (Wildman–Crippen MR) is 54.3 cm³/mol. The fraction of sp³-hybridized carbons (Fsp3) is 1.00. The van der Waals surface area contributed by atoms with Gasteiger partial charge in [0.15, 0.2) is 0 Å². The Morgan fingerprint density at radius 3 is 2.36 bits per heavy atom. The predicted octanol–water partition coefficient (Wildman–Crippen LogP) is 1.26. The second kappa shape index (κ2) is 4.14. The van der Waals surface area contributed by atoms with Gasteiger partial charge in [-0.05, 0) is 18.3 Å². The van der Waals surface area contributed by atoms with Crippen LogP contribution in [-0.4, -0.2) is 38.2 Å². The van der Waals surface area contributed by atoms with E-state index in [9.17, 15) is 12.8 Å². The standard InChI is InChI=1S/C9H18FNO2S/c1-7(2)8-4-5-11(6-9(8)10)14(3,12)13/h7-9H,4-6H2,1-3H3/t8-,9+/m1/s1. The Balaban J connectivity index is 2.64. The summed E-state index contributed by atoms with van der Waals surface area (Å²) < 4.78 is 37.1. The van der Waals surface area contributed by atoms with Gasteiger partial charge in [-0.25, -0.2) is 12.8 Å². The quantitative estimate of drug-likeness (QED) is 0.707. The van der Waals surface area contributed by atoms with Crippen molar-refractivity contribution in [1.82, 2.24) is 4.31 Å². The molecule has 0 aromatic carbocycles. The number of hydrogen-bond acceptors (Lipinski definition) is 2. The lowest BCUT2D eigenvalue weighted by Crippen LogP contribution is -2.45. The highest BCUT2D eigenvalue weighted by molar-refractivity contribution is 7.88. The van der Waals surface area contributed by atoms with Gasteiger partial charge in [0.2, 0.25) is 10.0 Å². The van der Waals surface area contributed by atoms with E-state index in [0.29, 0.717) is 13.0 Å². The molecular formula is C9H18FNO2S. The third-order valence-electron chi connectivity index (χ3n) is 2.88. The fourth-order valence-electron chi connectivity index (χ4n) is 1.95. The van der Waals surface area contributed by atoms with Gasteiger partial charge in [-0.1, -0.05) is 13.8 Å². The minimum Gasteiger partial charge on any atom is -0.246 e. The van der Waals surface area contributed by atoms with Gasteiger partial charge in [0, 0.05) is 13.1 Å². The first-order valence-electron chi connectivity index (χ1n) is 4.91. The minimum absolute atomic E-state index is 0.00741. The zero-order valence-electron chi connectivity index (χ0n) is 8.90. The lowest BCUT2D eigenvalue weighted by molar-refractivity contribution is 0.101. The first-order chi connectivity index (χ1) is 6.32. The van der Waals surface area contributed by atoms with E-state index in [-0.39, 0.29) is 18.4 Å². The molecule has 0 bridgehead atoms. The van der Waals surface area contributed by atoms with Crippen LogP contribution in [0.3, 0.4) is 0 Å². The number of halogens is 1. The van der Waals surface area contributed by atoms with Crippen LogP contribution >= 0.6 is 0 Å². The zero-order valence-corrected chi connectivity index (χ0v) is 9.72. The molecule has 84 valence electrons. The van der Waals surface area contributed by atoms with E-state index in [1.54, 1.807) is 0 Å². The highest BCUT2D eigenvalue weighted by atomic mass is 32.2. The molecule has 2 atom stereocenters. The van der Waals surface area contributed by atoms with Crippen LogP contribution in [0.1, 0.15) is 20.3 Å². The third-order valence-corrected chi connectivity index (χ3v) is 4.15. The fourth-order valence-corrected chi connectivity index (χ4v) is 2.80. The number of hydrogen-bond donors (Lipinski definition) is 0. The maximum Gasteiger partial charge on any atom is 0.211 e. The van der Waals surface area contributed by atoms with Crippen LogP contribution in [0, 0.1) is 11.8 Å². The average molecular weight is 223 g/mol. The van der Waals surface area contributed by atoms with Gasteiger partial charge < -0.3 is 0 Å². The van der Waals surface area contributed by atoms with Crippen LogP contribution in [0.15, 0.2) is 0 Å². The van der Waals surface area contributed by atoms with Crippen molar-refractivity contribution in [2.45, 2.75) is 26.4 Å². The third kappa shape index (κ3) is 2.67. The molecule has 3 nitrogen and oxygen atoms in total. The molecule has 0 unspecified atom stereocenters. The van der Waals surface area contributed by atoms with E-state index in [1.165, 1.54) is 4.31 Å². The maximum atomic E-state index is 13.6. The van der Waals surface area contributed by atoms with Crippen molar-refractivity contribution in [2.24, 2.45) is 11.8 Å². The van der Waals surface area contributed by atoms with Gasteiger partial charge in [-0.2, -0.15) is 4.31 Å². The summed E-state index contributed by atoms with van der Waals surface area (Å²) in [5, 5.41) is 0. The van der Waals surface area contributed by atoms with Gasteiger partial charge in [0.05, 0.1) is 6.26 Å². The first-order valence-corrected chi connectivity index (χ1v) is 6.76. The molecule has 1 aliphatic heterocycles. The number of alkyl halides is 1. The van der Waals surface area contributed by atoms with Gasteiger partial charge >= 0.3 is 0 Å². The van der Waals surface area contributed by atoms with E-state index in [2.05, 4.69) is 0 Å². The van der Waals surface area contributed by atoms with E-state index < -0.39 is 16.2 Å². The smallest absolute Gasteiger partial charge is 0.211 e. The SMILES string of the molecule is CC(C)[C@H]1CCN(S(C)(=O)=O)C[C@@H]1F. The van der Waals surface area contributed by atoms with Crippen molar-refractivity contribution in [2.75, 3.05) is 19.3 Å². The molecule has 1 saturated heterocycles. The molecular weight excluding hydrogens is 205 g/mol. The highest BCUT2D eigenvalue weighted by Crippen LogP contribution is 2.28. The summed E-state index contributed by atoms with van der Waals surface area (Å²) in [5.41, 5.74) is 0. The second-order valence-corrected chi connectivity index (χ2v) is 6.32. The van der Waals surface area contributed by atoms with Gasteiger partial charge in [-0.15, -0.1) is 0 Å². The van der Waals surface area contributed by atoms with Crippen LogP contribution in [0.2, 0.25) is 0 Å². The molecule has 1 heterocycles. The molecule has 14 heavy (non-hydrogen) atoms. The molecule has 0 aromatic rings. The monoisotopic (exact) mass is 223 g/mol. The Labute approximate surface area is 85.3 Å². The second-order valence-electron chi connectivity index (χ2n) is 4.33. The number of piperidine rings is 1. The molecule has 1 fully saturated rings. The summed E-state index contributed by atoms with van der Waals surface area (Å²) in [5.74, 6) is 0.291. The Morgan fingerprint density at radius 2 is 2.00 bits per heavy atom. The first kappa shape index (κ1) is 11.9. The summed E-state index contributed by atoms with van der Waals surface area (Å²) in [6.07, 6.45) is 0.750. The highest BCUT2D eigenvalue weighted by Gasteiger charge is 2.34. The van der Waals surface area contributed by atoms with E-state index in [4.69, 9.17) is 0 Å². The number of rotatable bonds is 2. The molecule has 1 aliphatic rings. The average Bonchev–Trinajstić information content (AvgIpc) is 2.01. The molecule has 1 rings (SSSR count). The summed E-state index contributed by atoms with van der Waals surface area (Å²) >= 11 is 0. The molecule has 0 aliphatic carbocycles. The van der Waals surface area contributed by atoms with Gasteiger partial charge in [0.1, 0.15) is 6.17 Å². The van der Waals surface area contributed by atoms with E-state index >= 15 is 0 Å². The zero-order chi connectivity index (χ0) is 10.9. The van der Waals surface area contributed by atoms with Crippen molar-refractivity contribution in [3.05, 3.63) is 0 Å². The van der Waals surface area contributed by atoms with Gasteiger partial charge in [-0.3, -0.25) is 0 Å². The summed E-state index contributed by atoms with van der Waals surface area (Å²) in [7, 11) is -3.21. The van der Waals surface area contributed by atoms with Crippen LogP contribution in [0.25, 0.3) is 0 Å². The molecule has 0 saturated carbocycles. The van der Waals surface area contributed by atoms with E-state index in [1.807, 2.05) is 13.8 Å². The normalized spacial score (nSPS) is 30.9. The molecule has 0 aromatic heterocycles. The van der Waals surface area contributed by atoms with Crippen molar-refractivity contribution in [1.29, 1.82) is 0 Å². The summed E-state index contributed by atoms with van der Waals surface area (Å²) in [4.78, 5) is 0. The molecule has 5 heteroatoms. The minimum atomic E-state index is -3.21. The Kier molecular flexibility index (Phi) is 3.53. The summed E-state index contributed by atoms with van der Waals surface area (Å²) in [6.45, 7) is 4.45. The summed E-state index contributed by atoms with van der Waals surface area (Å²) in [6, 6.07) is 0. The topological polar surface area (TPSA) is 37.4 Å². The van der Waals surface area contributed by atoms with Crippen LogP contribution in [0.5, 0.6) is 0 Å². The Bertz CT molecular complexity index is 289. The lowest BCUT2D eigenvalue weighted by atomic mass is 9.86. The molecule has 0 spiro atoms. The van der Waals surface area contributed by atoms with Crippen LogP contribution in [0.4, 0.5) is 4.39 Å². The van der Waals surface area contributed by atoms with Crippen molar-refractivity contribution in [3.63, 3.8) is 0 Å². The van der Waals surface area contributed by atoms with Crippen LogP contribution < -0.4 is 0 Å². The number of nitrogens with zero attached hydrogens (tertiary/aromatic N) is 1. The van der Waals surface area contributed by atoms with Gasteiger partial charge in [0.25, 0.3) is 0 Å². The Hall–Kier alpha value is -0.160. The maximum absolute atomic E-state index is 13.6. The van der Waals surface area contributed by atoms with Crippen LogP contribution in [-0.2, 0) is 10.0 Å². The molecule has 0 radical (unpaired) electrons. The Morgan fingerprint density at radius 1 is 1.43 bits per heavy atom. The number of sulfonamides is 1. The molecule has 0 N–H and O–H groups in total.